The van der Waals surface area contributed by atoms with Crippen molar-refractivity contribution in [1.82, 2.24) is 0 Å². The molecule has 0 saturated carbocycles. The average Bonchev–Trinajstić information content (AvgIpc) is 2.61. The first-order valence-corrected chi connectivity index (χ1v) is 9.49. The summed E-state index contributed by atoms with van der Waals surface area (Å²) >= 11 is 0. The number of amidine groups is 2. The van der Waals surface area contributed by atoms with E-state index in [1.807, 2.05) is 0 Å². The van der Waals surface area contributed by atoms with E-state index in [1.54, 1.807) is 0 Å². The molecule has 3 nitrogen and oxygen atoms in total. The Kier molecular flexibility index (Phi) is 6.13. The molecule has 0 saturated heterocycles. The number of hydrogen-bond acceptors (Lipinski definition) is 1. The van der Waals surface area contributed by atoms with Gasteiger partial charge in [0.2, 0.25) is 0 Å². The molecule has 27 heavy (non-hydrogen) atoms. The zero-order valence-electron chi connectivity index (χ0n) is 18.5. The minimum Gasteiger partial charge on any atom is -0.383 e. The van der Waals surface area contributed by atoms with E-state index in [0.29, 0.717) is 5.84 Å². The van der Waals surface area contributed by atoms with Crippen molar-refractivity contribution in [2.45, 2.75) is 0 Å². The van der Waals surface area contributed by atoms with Crippen LogP contribution in [-0.4, -0.2) is 90.1 Å². The lowest BCUT2D eigenvalue weighted by atomic mass is 9.60. The van der Waals surface area contributed by atoms with Gasteiger partial charge in [0.15, 0.2) is 5.84 Å². The molecular weight excluding hydrogens is 318 g/mol. The van der Waals surface area contributed by atoms with Crippen molar-refractivity contribution in [1.29, 1.82) is 5.41 Å². The van der Waals surface area contributed by atoms with Crippen molar-refractivity contribution in [3.8, 4) is 0 Å². The van der Waals surface area contributed by atoms with Gasteiger partial charge < -0.3 is 5.73 Å². The highest BCUT2D eigenvalue weighted by Crippen LogP contribution is 1.95. The quantitative estimate of drug-likeness (QED) is 0.318. The van der Waals surface area contributed by atoms with Gasteiger partial charge in [0.1, 0.15) is 84.3 Å². The van der Waals surface area contributed by atoms with E-state index in [9.17, 15) is 0 Å². The monoisotopic (exact) mass is 343 g/mol. The highest BCUT2D eigenvalue weighted by molar-refractivity contribution is 6.70. The molecule has 124 valence electrons. The van der Waals surface area contributed by atoms with Gasteiger partial charge in [0.05, 0.1) is 0 Å². The zero-order chi connectivity index (χ0) is 20.8. The van der Waals surface area contributed by atoms with Crippen molar-refractivity contribution in [3.05, 3.63) is 11.1 Å². The highest BCUT2D eigenvalue weighted by atomic mass is 14.9. The van der Waals surface area contributed by atoms with Crippen LogP contribution in [0.3, 0.4) is 0 Å². The third-order valence-corrected chi connectivity index (χ3v) is 6.73. The number of nitrogens with two attached hydrogens (primary N) is 1. The van der Waals surface area contributed by atoms with E-state index in [4.69, 9.17) is 11.1 Å². The second-order valence-electron chi connectivity index (χ2n) is 7.85. The first-order valence-electron chi connectivity index (χ1n) is 9.49. The summed E-state index contributed by atoms with van der Waals surface area (Å²) in [7, 11) is 21.1. The average molecular weight is 341 g/mol. The lowest BCUT2D eigenvalue weighted by Gasteiger charge is -2.21. The van der Waals surface area contributed by atoms with Gasteiger partial charge in [-0.1, -0.05) is 21.9 Å². The van der Waals surface area contributed by atoms with Gasteiger partial charge in [-0.05, 0) is 0 Å². The van der Waals surface area contributed by atoms with Gasteiger partial charge in [0, 0.05) is 11.1 Å². The maximum absolute atomic E-state index is 8.68. The van der Waals surface area contributed by atoms with Gasteiger partial charge in [0.25, 0.3) is 0 Å². The molecule has 0 radical (unpaired) electrons. The van der Waals surface area contributed by atoms with E-state index < -0.39 is 0 Å². The van der Waals surface area contributed by atoms with Crippen LogP contribution < -0.4 is 60.4 Å². The molecule has 3 N–H and O–H groups in total. The Labute approximate surface area is 172 Å². The number of aliphatic imine (C=N–C) groups is 1. The smallest absolute Gasteiger partial charge is 0.153 e. The van der Waals surface area contributed by atoms with Gasteiger partial charge >= 0.3 is 0 Å². The number of rotatable bonds is 2. The van der Waals surface area contributed by atoms with E-state index >= 15 is 0 Å². The Morgan fingerprint density at radius 2 is 0.778 bits per heavy atom. The van der Waals surface area contributed by atoms with Gasteiger partial charge in [-0.2, -0.15) is 0 Å². The van der Waals surface area contributed by atoms with Crippen molar-refractivity contribution >= 4 is 145 Å². The van der Waals surface area contributed by atoms with Crippen LogP contribution in [0.5, 0.6) is 0 Å². The summed E-state index contributed by atoms with van der Waals surface area (Å²) in [6, 6.07) is 0. The molecule has 0 bridgehead atoms. The Morgan fingerprint density at radius 1 is 0.519 bits per heavy atom. The minimum atomic E-state index is 0.239. The fourth-order valence-electron chi connectivity index (χ4n) is 3.97. The number of benzene rings is 2. The molecule has 0 amide bonds. The fraction of sp³-hybridized carbons (Fsp3) is 0. The van der Waals surface area contributed by atoms with Crippen molar-refractivity contribution in [2.75, 3.05) is 0 Å². The van der Waals surface area contributed by atoms with Crippen LogP contribution in [0.2, 0.25) is 0 Å². The molecule has 2 aromatic rings. The molecule has 13 heteroatoms. The third kappa shape index (κ3) is 3.53. The minimum absolute atomic E-state index is 0.239. The molecule has 0 aliphatic heterocycles. The summed E-state index contributed by atoms with van der Waals surface area (Å²) in [5, 5.41) is 8.68. The second-order valence-corrected chi connectivity index (χ2v) is 7.85. The van der Waals surface area contributed by atoms with Crippen LogP contribution in [0.15, 0.2) is 4.99 Å². The molecule has 0 aliphatic rings. The lowest BCUT2D eigenvalue weighted by Crippen LogP contribution is -2.58. The Morgan fingerprint density at radius 3 is 1.11 bits per heavy atom. The molecule has 0 atom stereocenters. The summed E-state index contributed by atoms with van der Waals surface area (Å²) in [5.41, 5.74) is 20.3. The summed E-state index contributed by atoms with van der Waals surface area (Å²) < 4.78 is 0. The molecule has 0 aliphatic carbocycles. The van der Waals surface area contributed by atoms with E-state index in [2.05, 4.69) is 83.5 Å². The molecule has 0 aromatic heterocycles. The summed E-state index contributed by atoms with van der Waals surface area (Å²) in [4.78, 5) is 4.56. The predicted octanol–water partition coefficient (Wildman–Crippen LogP) is -15.0. The van der Waals surface area contributed by atoms with Crippen LogP contribution in [0.1, 0.15) is 11.1 Å². The van der Waals surface area contributed by atoms with Crippen LogP contribution in [0, 0.1) is 5.41 Å². The summed E-state index contributed by atoms with van der Waals surface area (Å²) in [6.45, 7) is 0. The van der Waals surface area contributed by atoms with Crippen LogP contribution in [0.25, 0.3) is 0 Å². The lowest BCUT2D eigenvalue weighted by molar-refractivity contribution is 1.42. The van der Waals surface area contributed by atoms with Crippen molar-refractivity contribution in [2.24, 2.45) is 10.7 Å². The first-order chi connectivity index (χ1) is 12.4. The fourth-order valence-corrected chi connectivity index (χ4v) is 3.97. The van der Waals surface area contributed by atoms with E-state index in [0.717, 1.165) is 33.0 Å². The summed E-state index contributed by atoms with van der Waals surface area (Å²) in [6.07, 6.45) is 0. The van der Waals surface area contributed by atoms with E-state index in [1.165, 1.54) is 32.8 Å². The Hall–Kier alpha value is -1.77. The van der Waals surface area contributed by atoms with Crippen LogP contribution in [0.4, 0.5) is 0 Å². The molecule has 2 aromatic carbocycles. The molecule has 2 rings (SSSR count). The zero-order valence-corrected chi connectivity index (χ0v) is 18.5. The van der Waals surface area contributed by atoms with Crippen LogP contribution >= 0.6 is 0 Å². The second kappa shape index (κ2) is 7.69. The highest BCUT2D eigenvalue weighted by Gasteiger charge is 2.17. The van der Waals surface area contributed by atoms with Gasteiger partial charge in [-0.15, -0.1) is 32.8 Å². The maximum Gasteiger partial charge on any atom is 0.153 e. The summed E-state index contributed by atoms with van der Waals surface area (Å²) in [5.74, 6) is 0.666. The molecular formula is C14H23B10N3. The maximum atomic E-state index is 8.68. The standard InChI is InChI=1S/C14H23B10N3/c15-3-1(4(16)8(20)11(23)7(3)19)13(25)27-14(26)2-5(17)9(21)12(24)10(22)6(2)18/h15-24H2,(H3,25,26,27). The van der Waals surface area contributed by atoms with E-state index in [-0.39, 0.29) is 5.84 Å². The SMILES string of the molecule is Bc1c(B)c(B)c(C(=N)/N=C(\N)c2c(B)c(B)c(B)c(B)c2B)c(B)c1B. The van der Waals surface area contributed by atoms with Crippen LogP contribution in [-0.2, 0) is 0 Å². The van der Waals surface area contributed by atoms with Gasteiger partial charge in [-0.3, -0.25) is 5.41 Å². The molecule has 0 spiro atoms. The normalized spacial score (nSPS) is 11.5. The Balaban J connectivity index is 2.68. The molecule has 0 heterocycles. The third-order valence-electron chi connectivity index (χ3n) is 6.73. The number of nitrogens with zero attached hydrogens (tertiary/aromatic N) is 1. The predicted molar refractivity (Wildman–Crippen MR) is 152 cm³/mol. The van der Waals surface area contributed by atoms with Gasteiger partial charge in [-0.25, -0.2) is 4.99 Å². The first kappa shape index (κ1) is 21.5. The number of nitrogens with one attached hydrogen (secondary N) is 1. The number of hydrogen-bond donors (Lipinski definition) is 2. The van der Waals surface area contributed by atoms with Crippen molar-refractivity contribution < 1.29 is 0 Å². The Bertz CT molecular complexity index is 957. The topological polar surface area (TPSA) is 62.2 Å². The molecule has 0 unspecified atom stereocenters. The molecule has 0 fully saturated rings. The largest absolute Gasteiger partial charge is 0.383 e. The van der Waals surface area contributed by atoms with Crippen molar-refractivity contribution in [3.63, 3.8) is 0 Å².